The fourth-order valence-electron chi connectivity index (χ4n) is 1.73. The van der Waals surface area contributed by atoms with Gasteiger partial charge in [-0.2, -0.15) is 4.98 Å². The summed E-state index contributed by atoms with van der Waals surface area (Å²) in [6.45, 7) is 3.79. The normalized spacial score (nSPS) is 10.3. The van der Waals surface area contributed by atoms with Crippen LogP contribution >= 0.6 is 15.9 Å². The van der Waals surface area contributed by atoms with Crippen molar-refractivity contribution in [2.24, 2.45) is 0 Å². The van der Waals surface area contributed by atoms with Gasteiger partial charge >= 0.3 is 0 Å². The molecule has 1 aromatic heterocycles. The number of nitrogens with one attached hydrogen (secondary N) is 2. The van der Waals surface area contributed by atoms with Crippen LogP contribution in [-0.4, -0.2) is 29.1 Å². The number of amides is 1. The fraction of sp³-hybridized carbons (Fsp3) is 0.267. The minimum atomic E-state index is -0.362. The SMILES string of the molecule is COc1ccnc(NNC(=O)c2ccc(Br)cc2OC(C)C)n1. The van der Waals surface area contributed by atoms with Crippen LogP contribution in [0.3, 0.4) is 0 Å². The van der Waals surface area contributed by atoms with E-state index in [0.29, 0.717) is 17.2 Å². The van der Waals surface area contributed by atoms with Gasteiger partial charge in [-0.05, 0) is 32.0 Å². The maximum Gasteiger partial charge on any atom is 0.273 e. The second kappa shape index (κ2) is 7.77. The standard InChI is InChI=1S/C15H17BrN4O3/c1-9(2)23-12-8-10(16)4-5-11(12)14(21)19-20-15-17-7-6-13(18-15)22-3/h4-9H,1-3H3,(H,19,21)(H,17,18,20). The fourth-order valence-corrected chi connectivity index (χ4v) is 2.07. The van der Waals surface area contributed by atoms with E-state index in [1.165, 1.54) is 13.3 Å². The third-order valence-corrected chi connectivity index (χ3v) is 3.17. The second-order valence-electron chi connectivity index (χ2n) is 4.81. The number of ether oxygens (including phenoxy) is 2. The number of aromatic nitrogens is 2. The topological polar surface area (TPSA) is 85.4 Å². The number of hydrazine groups is 1. The molecule has 2 aromatic rings. The number of carbonyl (C=O) groups excluding carboxylic acids is 1. The highest BCUT2D eigenvalue weighted by Gasteiger charge is 2.14. The van der Waals surface area contributed by atoms with Crippen molar-refractivity contribution in [2.75, 3.05) is 12.5 Å². The summed E-state index contributed by atoms with van der Waals surface area (Å²) in [5.74, 6) is 0.741. The molecule has 0 saturated carbocycles. The number of hydrogen-bond donors (Lipinski definition) is 2. The number of rotatable bonds is 6. The Hall–Kier alpha value is -2.35. The second-order valence-corrected chi connectivity index (χ2v) is 5.72. The number of benzene rings is 1. The number of methoxy groups -OCH3 is 1. The minimum Gasteiger partial charge on any atom is -0.490 e. The Bertz CT molecular complexity index is 694. The minimum absolute atomic E-state index is 0.0504. The maximum absolute atomic E-state index is 12.3. The molecule has 0 fully saturated rings. The summed E-state index contributed by atoms with van der Waals surface area (Å²) in [6, 6.07) is 6.79. The number of hydrogen-bond acceptors (Lipinski definition) is 6. The lowest BCUT2D eigenvalue weighted by molar-refractivity contribution is 0.0956. The number of carbonyl (C=O) groups is 1. The van der Waals surface area contributed by atoms with Crippen LogP contribution in [0.25, 0.3) is 0 Å². The Morgan fingerprint density at radius 3 is 2.78 bits per heavy atom. The van der Waals surface area contributed by atoms with E-state index in [4.69, 9.17) is 9.47 Å². The predicted octanol–water partition coefficient (Wildman–Crippen LogP) is 2.79. The Labute approximate surface area is 142 Å². The van der Waals surface area contributed by atoms with Crippen LogP contribution in [0, 0.1) is 0 Å². The highest BCUT2D eigenvalue weighted by Crippen LogP contribution is 2.24. The lowest BCUT2D eigenvalue weighted by atomic mass is 10.2. The van der Waals surface area contributed by atoms with E-state index < -0.39 is 0 Å². The molecule has 1 heterocycles. The van der Waals surface area contributed by atoms with Crippen LogP contribution in [0.1, 0.15) is 24.2 Å². The van der Waals surface area contributed by atoms with Crippen molar-refractivity contribution in [1.29, 1.82) is 0 Å². The van der Waals surface area contributed by atoms with Crippen molar-refractivity contribution < 1.29 is 14.3 Å². The van der Waals surface area contributed by atoms with E-state index in [-0.39, 0.29) is 18.0 Å². The summed E-state index contributed by atoms with van der Waals surface area (Å²) < 4.78 is 11.5. The number of anilines is 1. The first kappa shape index (κ1) is 17.0. The highest BCUT2D eigenvalue weighted by atomic mass is 79.9. The van der Waals surface area contributed by atoms with E-state index in [1.54, 1.807) is 24.3 Å². The molecule has 0 saturated heterocycles. The van der Waals surface area contributed by atoms with E-state index in [2.05, 4.69) is 36.7 Å². The summed E-state index contributed by atoms with van der Waals surface area (Å²) >= 11 is 3.37. The molecule has 1 amide bonds. The lowest BCUT2D eigenvalue weighted by Crippen LogP contribution is -2.31. The Balaban J connectivity index is 2.11. The Morgan fingerprint density at radius 1 is 1.30 bits per heavy atom. The molecule has 0 spiro atoms. The molecule has 1 aromatic carbocycles. The van der Waals surface area contributed by atoms with Crippen molar-refractivity contribution in [2.45, 2.75) is 20.0 Å². The van der Waals surface area contributed by atoms with Crippen LogP contribution in [0.4, 0.5) is 5.95 Å². The van der Waals surface area contributed by atoms with Gasteiger partial charge in [0.25, 0.3) is 5.91 Å². The summed E-state index contributed by atoms with van der Waals surface area (Å²) in [7, 11) is 1.50. The zero-order valence-electron chi connectivity index (χ0n) is 13.0. The van der Waals surface area contributed by atoms with Gasteiger partial charge in [0.2, 0.25) is 11.8 Å². The van der Waals surface area contributed by atoms with Gasteiger partial charge in [0, 0.05) is 16.7 Å². The smallest absolute Gasteiger partial charge is 0.273 e. The summed E-state index contributed by atoms with van der Waals surface area (Å²) in [5, 5.41) is 0. The zero-order valence-corrected chi connectivity index (χ0v) is 14.5. The number of nitrogens with zero attached hydrogens (tertiary/aromatic N) is 2. The van der Waals surface area contributed by atoms with Gasteiger partial charge in [0.15, 0.2) is 0 Å². The average Bonchev–Trinajstić information content (AvgIpc) is 2.52. The van der Waals surface area contributed by atoms with E-state index in [1.807, 2.05) is 13.8 Å². The van der Waals surface area contributed by atoms with Crippen LogP contribution in [0.15, 0.2) is 34.9 Å². The molecule has 2 rings (SSSR count). The van der Waals surface area contributed by atoms with Crippen LogP contribution in [-0.2, 0) is 0 Å². The first-order valence-corrected chi connectivity index (χ1v) is 7.68. The highest BCUT2D eigenvalue weighted by molar-refractivity contribution is 9.10. The molecular formula is C15H17BrN4O3. The van der Waals surface area contributed by atoms with Gasteiger partial charge in [0.05, 0.1) is 18.8 Å². The van der Waals surface area contributed by atoms with Crippen molar-refractivity contribution in [3.63, 3.8) is 0 Å². The van der Waals surface area contributed by atoms with Crippen molar-refractivity contribution in [1.82, 2.24) is 15.4 Å². The third kappa shape index (κ3) is 4.82. The molecule has 8 heteroatoms. The molecule has 0 unspecified atom stereocenters. The quantitative estimate of drug-likeness (QED) is 0.749. The molecule has 0 aliphatic heterocycles. The van der Waals surface area contributed by atoms with Crippen LogP contribution in [0.5, 0.6) is 11.6 Å². The monoisotopic (exact) mass is 380 g/mol. The van der Waals surface area contributed by atoms with Gasteiger partial charge in [-0.3, -0.25) is 15.6 Å². The van der Waals surface area contributed by atoms with E-state index in [9.17, 15) is 4.79 Å². The van der Waals surface area contributed by atoms with Gasteiger partial charge in [0.1, 0.15) is 5.75 Å². The summed E-state index contributed by atoms with van der Waals surface area (Å²) in [4.78, 5) is 20.4. The third-order valence-electron chi connectivity index (χ3n) is 2.68. The molecule has 0 aliphatic rings. The average molecular weight is 381 g/mol. The molecule has 2 N–H and O–H groups in total. The lowest BCUT2D eigenvalue weighted by Gasteiger charge is -2.15. The van der Waals surface area contributed by atoms with Crippen LogP contribution in [0.2, 0.25) is 0 Å². The van der Waals surface area contributed by atoms with Gasteiger partial charge < -0.3 is 9.47 Å². The molecular weight excluding hydrogens is 364 g/mol. The molecule has 122 valence electrons. The van der Waals surface area contributed by atoms with E-state index in [0.717, 1.165) is 4.47 Å². The molecule has 23 heavy (non-hydrogen) atoms. The first-order chi connectivity index (χ1) is 11.0. The first-order valence-electron chi connectivity index (χ1n) is 6.89. The molecule has 0 radical (unpaired) electrons. The van der Waals surface area contributed by atoms with Crippen molar-refractivity contribution >= 4 is 27.8 Å². The Kier molecular flexibility index (Phi) is 5.75. The predicted molar refractivity (Wildman–Crippen MR) is 89.6 cm³/mol. The summed E-state index contributed by atoms with van der Waals surface area (Å²) in [6.07, 6.45) is 1.47. The van der Waals surface area contributed by atoms with E-state index >= 15 is 0 Å². The van der Waals surface area contributed by atoms with Gasteiger partial charge in [-0.15, -0.1) is 0 Å². The van der Waals surface area contributed by atoms with Crippen molar-refractivity contribution in [3.8, 4) is 11.6 Å². The molecule has 7 nitrogen and oxygen atoms in total. The molecule has 0 atom stereocenters. The summed E-state index contributed by atoms with van der Waals surface area (Å²) in [5.41, 5.74) is 5.58. The van der Waals surface area contributed by atoms with Gasteiger partial charge in [-0.1, -0.05) is 15.9 Å². The maximum atomic E-state index is 12.3. The number of halogens is 1. The Morgan fingerprint density at radius 2 is 2.09 bits per heavy atom. The zero-order chi connectivity index (χ0) is 16.8. The largest absolute Gasteiger partial charge is 0.490 e. The molecule has 0 aliphatic carbocycles. The van der Waals surface area contributed by atoms with Crippen molar-refractivity contribution in [3.05, 3.63) is 40.5 Å². The van der Waals surface area contributed by atoms with Gasteiger partial charge in [-0.25, -0.2) is 4.98 Å². The van der Waals surface area contributed by atoms with Crippen LogP contribution < -0.4 is 20.3 Å². The molecule has 0 bridgehead atoms.